The summed E-state index contributed by atoms with van der Waals surface area (Å²) >= 11 is 3.76. The SMILES string of the molecule is CC(C)CNCc1ccc(CN2CCCCCC2)c(Br)c1. The van der Waals surface area contributed by atoms with E-state index in [-0.39, 0.29) is 0 Å². The Kier molecular flexibility index (Phi) is 7.21. The van der Waals surface area contributed by atoms with E-state index in [0.717, 1.165) is 19.6 Å². The molecule has 0 unspecified atom stereocenters. The van der Waals surface area contributed by atoms with Crippen LogP contribution in [0.4, 0.5) is 0 Å². The fraction of sp³-hybridized carbons (Fsp3) is 0.667. The quantitative estimate of drug-likeness (QED) is 0.806. The van der Waals surface area contributed by atoms with Crippen LogP contribution in [0.5, 0.6) is 0 Å². The van der Waals surface area contributed by atoms with E-state index >= 15 is 0 Å². The molecule has 0 radical (unpaired) electrons. The van der Waals surface area contributed by atoms with E-state index in [9.17, 15) is 0 Å². The number of hydrogen-bond donors (Lipinski definition) is 1. The second kappa shape index (κ2) is 8.92. The number of hydrogen-bond acceptors (Lipinski definition) is 2. The lowest BCUT2D eigenvalue weighted by Crippen LogP contribution is -2.24. The molecule has 0 aromatic heterocycles. The maximum atomic E-state index is 3.76. The molecule has 1 aliphatic heterocycles. The summed E-state index contributed by atoms with van der Waals surface area (Å²) in [6.45, 7) is 10.1. The predicted octanol–water partition coefficient (Wildman–Crippen LogP) is 4.57. The summed E-state index contributed by atoms with van der Waals surface area (Å²) in [5.41, 5.74) is 2.78. The van der Waals surface area contributed by atoms with E-state index in [4.69, 9.17) is 0 Å². The van der Waals surface area contributed by atoms with Crippen LogP contribution in [-0.2, 0) is 13.1 Å². The van der Waals surface area contributed by atoms with Gasteiger partial charge in [-0.15, -0.1) is 0 Å². The molecule has 1 saturated heterocycles. The first-order valence-corrected chi connectivity index (χ1v) is 9.15. The van der Waals surface area contributed by atoms with Gasteiger partial charge in [0.15, 0.2) is 0 Å². The number of nitrogens with one attached hydrogen (secondary N) is 1. The van der Waals surface area contributed by atoms with Crippen LogP contribution in [0.2, 0.25) is 0 Å². The first-order valence-electron chi connectivity index (χ1n) is 8.35. The van der Waals surface area contributed by atoms with Crippen LogP contribution in [-0.4, -0.2) is 24.5 Å². The molecular weight excluding hydrogens is 324 g/mol. The Balaban J connectivity index is 1.88. The molecule has 1 heterocycles. The standard InChI is InChI=1S/C18H29BrN2/c1-15(2)12-20-13-16-7-8-17(18(19)11-16)14-21-9-5-3-4-6-10-21/h7-8,11,15,20H,3-6,9-10,12-14H2,1-2H3. The summed E-state index contributed by atoms with van der Waals surface area (Å²) in [5, 5.41) is 3.51. The van der Waals surface area contributed by atoms with Gasteiger partial charge in [-0.3, -0.25) is 4.90 Å². The third-order valence-corrected chi connectivity index (χ3v) is 4.83. The van der Waals surface area contributed by atoms with Gasteiger partial charge in [0.25, 0.3) is 0 Å². The van der Waals surface area contributed by atoms with Crippen molar-refractivity contribution in [2.45, 2.75) is 52.6 Å². The van der Waals surface area contributed by atoms with Crippen molar-refractivity contribution < 1.29 is 0 Å². The van der Waals surface area contributed by atoms with Crippen LogP contribution in [0.15, 0.2) is 22.7 Å². The van der Waals surface area contributed by atoms with Gasteiger partial charge in [-0.2, -0.15) is 0 Å². The summed E-state index contributed by atoms with van der Waals surface area (Å²) in [7, 11) is 0. The van der Waals surface area contributed by atoms with Gasteiger partial charge < -0.3 is 5.32 Å². The third-order valence-electron chi connectivity index (χ3n) is 4.09. The molecule has 0 spiro atoms. The summed E-state index contributed by atoms with van der Waals surface area (Å²) in [6, 6.07) is 6.84. The van der Waals surface area contributed by atoms with Gasteiger partial charge >= 0.3 is 0 Å². The molecule has 0 amide bonds. The molecule has 1 aliphatic rings. The maximum Gasteiger partial charge on any atom is 0.0244 e. The Morgan fingerprint density at radius 1 is 1.14 bits per heavy atom. The zero-order chi connectivity index (χ0) is 15.1. The Morgan fingerprint density at radius 2 is 1.86 bits per heavy atom. The largest absolute Gasteiger partial charge is 0.312 e. The summed E-state index contributed by atoms with van der Waals surface area (Å²) in [6.07, 6.45) is 5.51. The molecular formula is C18H29BrN2. The first kappa shape index (κ1) is 17.0. The highest BCUT2D eigenvalue weighted by atomic mass is 79.9. The fourth-order valence-corrected chi connectivity index (χ4v) is 3.42. The Labute approximate surface area is 138 Å². The van der Waals surface area contributed by atoms with Gasteiger partial charge in [-0.05, 0) is 55.6 Å². The van der Waals surface area contributed by atoms with Crippen LogP contribution in [0, 0.1) is 5.92 Å². The number of halogens is 1. The number of rotatable bonds is 6. The van der Waals surface area contributed by atoms with Crippen molar-refractivity contribution in [1.29, 1.82) is 0 Å². The normalized spacial score (nSPS) is 17.1. The molecule has 1 N–H and O–H groups in total. The minimum atomic E-state index is 0.704. The minimum Gasteiger partial charge on any atom is -0.312 e. The molecule has 2 nitrogen and oxygen atoms in total. The molecule has 0 aliphatic carbocycles. The first-order chi connectivity index (χ1) is 10.1. The van der Waals surface area contributed by atoms with E-state index in [1.54, 1.807) is 0 Å². The molecule has 118 valence electrons. The molecule has 1 aromatic carbocycles. The van der Waals surface area contributed by atoms with E-state index in [1.807, 2.05) is 0 Å². The molecule has 0 saturated carbocycles. The third kappa shape index (κ3) is 6.09. The lowest BCUT2D eigenvalue weighted by Gasteiger charge is -2.21. The van der Waals surface area contributed by atoms with Crippen molar-refractivity contribution in [3.63, 3.8) is 0 Å². The molecule has 2 rings (SSSR count). The average molecular weight is 353 g/mol. The smallest absolute Gasteiger partial charge is 0.0244 e. The van der Waals surface area contributed by atoms with Crippen LogP contribution in [0.25, 0.3) is 0 Å². The Morgan fingerprint density at radius 3 is 2.48 bits per heavy atom. The maximum absolute atomic E-state index is 3.76. The van der Waals surface area contributed by atoms with Gasteiger partial charge in [0.1, 0.15) is 0 Å². The monoisotopic (exact) mass is 352 g/mol. The van der Waals surface area contributed by atoms with Crippen molar-refractivity contribution in [3.05, 3.63) is 33.8 Å². The fourth-order valence-electron chi connectivity index (χ4n) is 2.87. The lowest BCUT2D eigenvalue weighted by molar-refractivity contribution is 0.276. The van der Waals surface area contributed by atoms with Gasteiger partial charge in [0.05, 0.1) is 0 Å². The second-order valence-corrected chi connectivity index (χ2v) is 7.50. The summed E-state index contributed by atoms with van der Waals surface area (Å²) < 4.78 is 1.26. The molecule has 1 fully saturated rings. The van der Waals surface area contributed by atoms with Crippen LogP contribution in [0.3, 0.4) is 0 Å². The zero-order valence-corrected chi connectivity index (χ0v) is 15.1. The highest BCUT2D eigenvalue weighted by Gasteiger charge is 2.11. The van der Waals surface area contributed by atoms with E-state index in [1.165, 1.54) is 54.4 Å². The highest BCUT2D eigenvalue weighted by Crippen LogP contribution is 2.22. The van der Waals surface area contributed by atoms with Crippen molar-refractivity contribution in [2.24, 2.45) is 5.92 Å². The van der Waals surface area contributed by atoms with Gasteiger partial charge in [-0.25, -0.2) is 0 Å². The van der Waals surface area contributed by atoms with E-state index in [0.29, 0.717) is 5.92 Å². The summed E-state index contributed by atoms with van der Waals surface area (Å²) in [5.74, 6) is 0.704. The average Bonchev–Trinajstić information content (AvgIpc) is 2.70. The van der Waals surface area contributed by atoms with Crippen molar-refractivity contribution >= 4 is 15.9 Å². The predicted molar refractivity (Wildman–Crippen MR) is 94.4 cm³/mol. The molecule has 1 aromatic rings. The highest BCUT2D eigenvalue weighted by molar-refractivity contribution is 9.10. The minimum absolute atomic E-state index is 0.704. The number of likely N-dealkylation sites (tertiary alicyclic amines) is 1. The molecule has 3 heteroatoms. The number of benzene rings is 1. The van der Waals surface area contributed by atoms with Crippen molar-refractivity contribution in [2.75, 3.05) is 19.6 Å². The Hall–Kier alpha value is -0.380. The zero-order valence-electron chi connectivity index (χ0n) is 13.5. The van der Waals surface area contributed by atoms with Crippen molar-refractivity contribution in [1.82, 2.24) is 10.2 Å². The van der Waals surface area contributed by atoms with Crippen LogP contribution in [0.1, 0.15) is 50.7 Å². The molecule has 0 atom stereocenters. The van der Waals surface area contributed by atoms with Gasteiger partial charge in [0.2, 0.25) is 0 Å². The number of nitrogens with zero attached hydrogens (tertiary/aromatic N) is 1. The van der Waals surface area contributed by atoms with E-state index in [2.05, 4.69) is 58.2 Å². The van der Waals surface area contributed by atoms with Crippen molar-refractivity contribution in [3.8, 4) is 0 Å². The van der Waals surface area contributed by atoms with Crippen LogP contribution < -0.4 is 5.32 Å². The van der Waals surface area contributed by atoms with Gasteiger partial charge in [0, 0.05) is 17.6 Å². The molecule has 21 heavy (non-hydrogen) atoms. The van der Waals surface area contributed by atoms with E-state index < -0.39 is 0 Å². The van der Waals surface area contributed by atoms with Gasteiger partial charge in [-0.1, -0.05) is 54.8 Å². The lowest BCUT2D eigenvalue weighted by atomic mass is 10.1. The Bertz CT molecular complexity index is 423. The molecule has 0 bridgehead atoms. The second-order valence-electron chi connectivity index (χ2n) is 6.64. The van der Waals surface area contributed by atoms with Crippen LogP contribution >= 0.6 is 15.9 Å². The summed E-state index contributed by atoms with van der Waals surface area (Å²) in [4.78, 5) is 2.60. The topological polar surface area (TPSA) is 15.3 Å².